The highest BCUT2D eigenvalue weighted by molar-refractivity contribution is 5.41. The van der Waals surface area contributed by atoms with Crippen LogP contribution in [-0.2, 0) is 12.8 Å². The predicted molar refractivity (Wildman–Crippen MR) is 87.2 cm³/mol. The van der Waals surface area contributed by atoms with E-state index in [1.807, 2.05) is 0 Å². The number of fused-ring (bicyclic) bond motifs is 3. The van der Waals surface area contributed by atoms with Gasteiger partial charge in [0.2, 0.25) is 0 Å². The van der Waals surface area contributed by atoms with Crippen LogP contribution in [0.4, 0.5) is 0 Å². The van der Waals surface area contributed by atoms with Crippen molar-refractivity contribution in [3.8, 4) is 0 Å². The van der Waals surface area contributed by atoms with Gasteiger partial charge >= 0.3 is 0 Å². The van der Waals surface area contributed by atoms with Crippen molar-refractivity contribution >= 4 is 0 Å². The van der Waals surface area contributed by atoms with Crippen LogP contribution in [0.1, 0.15) is 47.6 Å². The van der Waals surface area contributed by atoms with Crippen LogP contribution >= 0.6 is 0 Å². The number of hydrogen-bond acceptors (Lipinski definition) is 1. The Kier molecular flexibility index (Phi) is 3.11. The maximum absolute atomic E-state index is 6.64. The van der Waals surface area contributed by atoms with Gasteiger partial charge in [-0.3, -0.25) is 0 Å². The number of hydrogen-bond donors (Lipinski definition) is 1. The van der Waals surface area contributed by atoms with Crippen molar-refractivity contribution in [2.45, 2.75) is 38.1 Å². The van der Waals surface area contributed by atoms with Gasteiger partial charge in [0, 0.05) is 6.04 Å². The molecule has 0 radical (unpaired) electrons. The van der Waals surface area contributed by atoms with E-state index in [-0.39, 0.29) is 6.04 Å². The lowest BCUT2D eigenvalue weighted by atomic mass is 9.92. The van der Waals surface area contributed by atoms with Crippen molar-refractivity contribution in [3.05, 3.63) is 70.8 Å². The molecular weight excluding hydrogens is 254 g/mol. The van der Waals surface area contributed by atoms with Crippen LogP contribution in [0.25, 0.3) is 0 Å². The molecule has 21 heavy (non-hydrogen) atoms. The van der Waals surface area contributed by atoms with Crippen molar-refractivity contribution in [1.82, 2.24) is 0 Å². The van der Waals surface area contributed by atoms with Crippen LogP contribution in [0.3, 0.4) is 0 Å². The molecule has 0 spiro atoms. The van der Waals surface area contributed by atoms with E-state index in [9.17, 15) is 0 Å². The normalized spacial score (nSPS) is 27.6. The van der Waals surface area contributed by atoms with Crippen molar-refractivity contribution in [1.29, 1.82) is 0 Å². The highest BCUT2D eigenvalue weighted by Gasteiger charge is 2.55. The lowest BCUT2D eigenvalue weighted by Crippen LogP contribution is -2.14. The van der Waals surface area contributed by atoms with Gasteiger partial charge in [0.05, 0.1) is 0 Å². The molecule has 0 aliphatic heterocycles. The zero-order chi connectivity index (χ0) is 14.4. The molecule has 1 saturated carbocycles. The van der Waals surface area contributed by atoms with Crippen LogP contribution in [0, 0.1) is 11.8 Å². The fourth-order valence-corrected chi connectivity index (χ4v) is 4.35. The Balaban J connectivity index is 1.61. The second kappa shape index (κ2) is 4.99. The quantitative estimate of drug-likeness (QED) is 0.893. The Hall–Kier alpha value is -1.60. The number of aryl methyl sites for hydroxylation is 2. The summed E-state index contributed by atoms with van der Waals surface area (Å²) in [6.45, 7) is 2.21. The summed E-state index contributed by atoms with van der Waals surface area (Å²) in [6, 6.07) is 18.0. The van der Waals surface area contributed by atoms with Gasteiger partial charge in [-0.05, 0) is 59.3 Å². The fourth-order valence-electron chi connectivity index (χ4n) is 4.35. The largest absolute Gasteiger partial charge is 0.324 e. The molecule has 2 aromatic carbocycles. The first-order valence-electron chi connectivity index (χ1n) is 8.22. The molecule has 2 aromatic rings. The van der Waals surface area contributed by atoms with Crippen molar-refractivity contribution < 1.29 is 0 Å². The molecule has 2 aliphatic carbocycles. The second-order valence-corrected chi connectivity index (χ2v) is 6.63. The molecule has 0 aromatic heterocycles. The summed E-state index contributed by atoms with van der Waals surface area (Å²) in [4.78, 5) is 0. The molecule has 1 heteroatoms. The summed E-state index contributed by atoms with van der Waals surface area (Å²) in [5.74, 6) is 2.15. The summed E-state index contributed by atoms with van der Waals surface area (Å²) >= 11 is 0. The first kappa shape index (κ1) is 13.1. The topological polar surface area (TPSA) is 26.0 Å². The molecule has 4 rings (SSSR count). The summed E-state index contributed by atoms with van der Waals surface area (Å²) < 4.78 is 0. The fraction of sp³-hybridized carbons (Fsp3) is 0.400. The van der Waals surface area contributed by atoms with Crippen LogP contribution < -0.4 is 5.73 Å². The van der Waals surface area contributed by atoms with E-state index in [4.69, 9.17) is 5.73 Å². The average molecular weight is 277 g/mol. The molecule has 0 bridgehead atoms. The van der Waals surface area contributed by atoms with Gasteiger partial charge in [-0.2, -0.15) is 0 Å². The molecule has 4 atom stereocenters. The number of benzene rings is 2. The number of rotatable bonds is 3. The van der Waals surface area contributed by atoms with Crippen molar-refractivity contribution in [3.63, 3.8) is 0 Å². The molecule has 2 N–H and O–H groups in total. The standard InChI is InChI=1S/C20H23N/c1-2-13-6-5-8-15(12-13)20(21)19-17-11-10-14-7-3-4-9-16(14)18(17)19/h3-9,12,17-20H,2,10-11,21H2,1H3. The number of nitrogens with two attached hydrogens (primary N) is 1. The maximum Gasteiger partial charge on any atom is 0.0332 e. The van der Waals surface area contributed by atoms with E-state index in [1.54, 1.807) is 11.1 Å². The van der Waals surface area contributed by atoms with Gasteiger partial charge in [0.25, 0.3) is 0 Å². The average Bonchev–Trinajstić information content (AvgIpc) is 3.29. The minimum Gasteiger partial charge on any atom is -0.324 e. The Morgan fingerprint density at radius 3 is 2.86 bits per heavy atom. The van der Waals surface area contributed by atoms with E-state index in [0.29, 0.717) is 11.8 Å². The monoisotopic (exact) mass is 277 g/mol. The van der Waals surface area contributed by atoms with Gasteiger partial charge in [-0.1, -0.05) is 55.5 Å². The lowest BCUT2D eigenvalue weighted by molar-refractivity contribution is 0.555. The Morgan fingerprint density at radius 2 is 2.00 bits per heavy atom. The third kappa shape index (κ3) is 2.11. The van der Waals surface area contributed by atoms with Gasteiger partial charge in [-0.25, -0.2) is 0 Å². The Morgan fingerprint density at radius 1 is 1.14 bits per heavy atom. The highest BCUT2D eigenvalue weighted by atomic mass is 14.7. The molecule has 0 saturated heterocycles. The third-order valence-corrected chi connectivity index (χ3v) is 5.55. The zero-order valence-corrected chi connectivity index (χ0v) is 12.6. The van der Waals surface area contributed by atoms with Gasteiger partial charge in [-0.15, -0.1) is 0 Å². The smallest absolute Gasteiger partial charge is 0.0332 e. The molecule has 2 aliphatic rings. The van der Waals surface area contributed by atoms with Gasteiger partial charge < -0.3 is 5.73 Å². The third-order valence-electron chi connectivity index (χ3n) is 5.55. The molecular formula is C20H23N. The minimum atomic E-state index is 0.192. The summed E-state index contributed by atoms with van der Waals surface area (Å²) in [7, 11) is 0. The van der Waals surface area contributed by atoms with Crippen LogP contribution in [-0.4, -0.2) is 0 Å². The van der Waals surface area contributed by atoms with Gasteiger partial charge in [0.1, 0.15) is 0 Å². The van der Waals surface area contributed by atoms with E-state index in [1.165, 1.54) is 24.0 Å². The summed E-state index contributed by atoms with van der Waals surface area (Å²) in [5.41, 5.74) is 12.5. The molecule has 1 fully saturated rings. The SMILES string of the molecule is CCc1cccc(C(N)C2C3CCc4ccccc4C32)c1. The summed E-state index contributed by atoms with van der Waals surface area (Å²) in [5, 5.41) is 0. The molecule has 4 unspecified atom stereocenters. The highest BCUT2D eigenvalue weighted by Crippen LogP contribution is 2.63. The molecule has 1 nitrogen and oxygen atoms in total. The van der Waals surface area contributed by atoms with Gasteiger partial charge in [0.15, 0.2) is 0 Å². The van der Waals surface area contributed by atoms with E-state index in [2.05, 4.69) is 55.5 Å². The molecule has 108 valence electrons. The van der Waals surface area contributed by atoms with E-state index < -0.39 is 0 Å². The summed E-state index contributed by atoms with van der Waals surface area (Å²) in [6.07, 6.45) is 3.63. The molecule has 0 heterocycles. The lowest BCUT2D eigenvalue weighted by Gasteiger charge is -2.14. The molecule has 0 amide bonds. The Bertz CT molecular complexity index is 660. The van der Waals surface area contributed by atoms with E-state index in [0.717, 1.165) is 12.3 Å². The van der Waals surface area contributed by atoms with Crippen molar-refractivity contribution in [2.24, 2.45) is 17.6 Å². The van der Waals surface area contributed by atoms with Crippen LogP contribution in [0.5, 0.6) is 0 Å². The first-order valence-corrected chi connectivity index (χ1v) is 8.22. The predicted octanol–water partition coefficient (Wildman–Crippen LogP) is 4.22. The maximum atomic E-state index is 6.64. The minimum absolute atomic E-state index is 0.192. The van der Waals surface area contributed by atoms with Crippen LogP contribution in [0.2, 0.25) is 0 Å². The van der Waals surface area contributed by atoms with E-state index >= 15 is 0 Å². The Labute approximate surface area is 127 Å². The second-order valence-electron chi connectivity index (χ2n) is 6.63. The van der Waals surface area contributed by atoms with Crippen molar-refractivity contribution in [2.75, 3.05) is 0 Å². The zero-order valence-electron chi connectivity index (χ0n) is 12.6. The first-order chi connectivity index (χ1) is 10.3. The van der Waals surface area contributed by atoms with Crippen LogP contribution in [0.15, 0.2) is 48.5 Å².